The molecule has 5 heteroatoms. The highest BCUT2D eigenvalue weighted by molar-refractivity contribution is 5.32. The van der Waals surface area contributed by atoms with Gasteiger partial charge in [0.05, 0.1) is 17.0 Å². The number of hydrogen-bond acceptors (Lipinski definition) is 3. The van der Waals surface area contributed by atoms with Crippen molar-refractivity contribution in [1.29, 1.82) is 5.26 Å². The first-order chi connectivity index (χ1) is 16.2. The fourth-order valence-electron chi connectivity index (χ4n) is 5.55. The van der Waals surface area contributed by atoms with Crippen molar-refractivity contribution in [3.05, 3.63) is 65.2 Å². The molecule has 0 bridgehead atoms. The molecule has 4 rings (SSSR count). The van der Waals surface area contributed by atoms with Crippen LogP contribution in [0.4, 0.5) is 8.78 Å². The fraction of sp³-hybridized carbons (Fsp3) is 0.552. The van der Waals surface area contributed by atoms with Gasteiger partial charge in [-0.3, -0.25) is 0 Å². The molecule has 1 aliphatic heterocycles. The van der Waals surface area contributed by atoms with Crippen LogP contribution >= 0.6 is 0 Å². The molecular formula is C29H36F2N2O. The van der Waals surface area contributed by atoms with Crippen LogP contribution in [0, 0.1) is 22.7 Å². The average molecular weight is 467 g/mol. The van der Waals surface area contributed by atoms with Crippen LogP contribution in [-0.4, -0.2) is 25.0 Å². The van der Waals surface area contributed by atoms with Gasteiger partial charge in [-0.2, -0.15) is 14.0 Å². The van der Waals surface area contributed by atoms with Gasteiger partial charge in [0, 0.05) is 0 Å². The predicted octanol–water partition coefficient (Wildman–Crippen LogP) is 7.45. The molecule has 1 aliphatic carbocycles. The van der Waals surface area contributed by atoms with Crippen molar-refractivity contribution in [3.63, 3.8) is 0 Å². The number of rotatable bonds is 6. The van der Waals surface area contributed by atoms with E-state index < -0.39 is 6.11 Å². The lowest BCUT2D eigenvalue weighted by Crippen LogP contribution is -2.29. The van der Waals surface area contributed by atoms with Crippen LogP contribution in [0.1, 0.15) is 80.9 Å². The summed E-state index contributed by atoms with van der Waals surface area (Å²) in [6.07, 6.45) is 2.84. The van der Waals surface area contributed by atoms with Crippen LogP contribution in [0.3, 0.4) is 0 Å². The molecule has 0 amide bonds. The smallest absolute Gasteiger partial charge is 0.426 e. The second-order valence-electron chi connectivity index (χ2n) is 10.8. The molecule has 0 unspecified atom stereocenters. The number of nitrogens with zero attached hydrogens (tertiary/aromatic N) is 2. The van der Waals surface area contributed by atoms with Crippen molar-refractivity contribution in [2.24, 2.45) is 11.3 Å². The van der Waals surface area contributed by atoms with Crippen LogP contribution in [0.15, 0.2) is 48.5 Å². The summed E-state index contributed by atoms with van der Waals surface area (Å²) in [6.45, 7) is 6.13. The fourth-order valence-corrected chi connectivity index (χ4v) is 5.55. The molecule has 0 atom stereocenters. The van der Waals surface area contributed by atoms with E-state index in [1.165, 1.54) is 12.1 Å². The summed E-state index contributed by atoms with van der Waals surface area (Å²) in [6, 6.07) is 16.2. The molecular weight excluding hydrogens is 430 g/mol. The molecule has 34 heavy (non-hydrogen) atoms. The maximum atomic E-state index is 14.9. The van der Waals surface area contributed by atoms with Crippen LogP contribution in [0.25, 0.3) is 0 Å². The Labute approximate surface area is 202 Å². The van der Waals surface area contributed by atoms with Gasteiger partial charge in [-0.05, 0) is 126 Å². The van der Waals surface area contributed by atoms with Gasteiger partial charge in [0.1, 0.15) is 5.75 Å². The lowest BCUT2D eigenvalue weighted by molar-refractivity contribution is -0.185. The molecule has 0 spiro atoms. The second kappa shape index (κ2) is 10.0. The molecule has 1 saturated carbocycles. The van der Waals surface area contributed by atoms with Gasteiger partial charge in [0.2, 0.25) is 0 Å². The maximum absolute atomic E-state index is 14.9. The summed E-state index contributed by atoms with van der Waals surface area (Å²) >= 11 is 0. The van der Waals surface area contributed by atoms with E-state index in [0.717, 1.165) is 62.7 Å². The molecule has 0 aromatic heterocycles. The third-order valence-electron chi connectivity index (χ3n) is 8.07. The average Bonchev–Trinajstić information content (AvgIpc) is 2.85. The number of hydrogen-bond donors (Lipinski definition) is 0. The predicted molar refractivity (Wildman–Crippen MR) is 131 cm³/mol. The molecule has 2 aliphatic rings. The highest BCUT2D eigenvalue weighted by Gasteiger charge is 2.36. The van der Waals surface area contributed by atoms with Crippen molar-refractivity contribution in [2.45, 2.75) is 70.3 Å². The van der Waals surface area contributed by atoms with Crippen LogP contribution in [0.2, 0.25) is 0 Å². The minimum absolute atomic E-state index is 0.119. The number of halogens is 2. The SMILES string of the molecule is CN1CCC(c2ccc(C(F)(F)Oc3ccc(C4CCC(C(C)(C)C#N)CC4)cc3)cc2)CC1. The summed E-state index contributed by atoms with van der Waals surface area (Å²) < 4.78 is 34.8. The maximum Gasteiger partial charge on any atom is 0.426 e. The summed E-state index contributed by atoms with van der Waals surface area (Å²) in [5.74, 6) is 1.44. The van der Waals surface area contributed by atoms with Gasteiger partial charge in [-0.15, -0.1) is 0 Å². The zero-order valence-corrected chi connectivity index (χ0v) is 20.6. The molecule has 2 aromatic rings. The third kappa shape index (κ3) is 5.61. The van der Waals surface area contributed by atoms with Gasteiger partial charge in [0.15, 0.2) is 0 Å². The molecule has 0 N–H and O–H groups in total. The topological polar surface area (TPSA) is 36.3 Å². The van der Waals surface area contributed by atoms with Gasteiger partial charge in [-0.25, -0.2) is 0 Å². The number of benzene rings is 2. The quantitative estimate of drug-likeness (QED) is 0.444. The van der Waals surface area contributed by atoms with E-state index >= 15 is 0 Å². The highest BCUT2D eigenvalue weighted by atomic mass is 19.3. The highest BCUT2D eigenvalue weighted by Crippen LogP contribution is 2.43. The molecule has 182 valence electrons. The van der Waals surface area contributed by atoms with E-state index in [-0.39, 0.29) is 16.7 Å². The van der Waals surface area contributed by atoms with Gasteiger partial charge in [0.25, 0.3) is 0 Å². The lowest BCUT2D eigenvalue weighted by Gasteiger charge is -2.35. The van der Waals surface area contributed by atoms with E-state index in [4.69, 9.17) is 4.74 Å². The monoisotopic (exact) mass is 466 g/mol. The van der Waals surface area contributed by atoms with Gasteiger partial charge in [-0.1, -0.05) is 24.3 Å². The number of alkyl halides is 2. The number of piperidine rings is 1. The van der Waals surface area contributed by atoms with Crippen LogP contribution in [0.5, 0.6) is 5.75 Å². The first-order valence-electron chi connectivity index (χ1n) is 12.5. The third-order valence-corrected chi connectivity index (χ3v) is 8.07. The Morgan fingerprint density at radius 3 is 1.85 bits per heavy atom. The van der Waals surface area contributed by atoms with E-state index in [1.807, 2.05) is 38.1 Å². The standard InChI is InChI=1S/C29H36F2N2O/c1-28(2,20-32)25-10-4-21(5-11-25)23-8-14-27(15-9-23)34-29(30,31)26-12-6-22(7-13-26)24-16-18-33(3)19-17-24/h6-9,12-15,21,24-25H,4-5,10-11,16-19H2,1-3H3. The normalized spacial score (nSPS) is 22.8. The lowest BCUT2D eigenvalue weighted by atomic mass is 9.68. The zero-order valence-electron chi connectivity index (χ0n) is 20.6. The van der Waals surface area contributed by atoms with Crippen molar-refractivity contribution in [2.75, 3.05) is 20.1 Å². The van der Waals surface area contributed by atoms with E-state index in [2.05, 4.69) is 18.0 Å². The summed E-state index contributed by atoms with van der Waals surface area (Å²) in [4.78, 5) is 2.30. The van der Waals surface area contributed by atoms with Crippen LogP contribution in [-0.2, 0) is 6.11 Å². The van der Waals surface area contributed by atoms with Crippen molar-refractivity contribution < 1.29 is 13.5 Å². The second-order valence-corrected chi connectivity index (χ2v) is 10.8. The Morgan fingerprint density at radius 1 is 0.824 bits per heavy atom. The van der Waals surface area contributed by atoms with Crippen molar-refractivity contribution in [1.82, 2.24) is 4.90 Å². The van der Waals surface area contributed by atoms with E-state index in [1.54, 1.807) is 12.1 Å². The molecule has 3 nitrogen and oxygen atoms in total. The Balaban J connectivity index is 1.35. The summed E-state index contributed by atoms with van der Waals surface area (Å²) in [5.41, 5.74) is 1.88. The first-order valence-corrected chi connectivity index (χ1v) is 12.5. The number of ether oxygens (including phenoxy) is 1. The number of nitriles is 1. The zero-order chi connectivity index (χ0) is 24.3. The number of likely N-dealkylation sites (tertiary alicyclic amines) is 1. The molecule has 1 heterocycles. The first kappa shape index (κ1) is 24.7. The molecule has 0 radical (unpaired) electrons. The van der Waals surface area contributed by atoms with E-state index in [0.29, 0.717) is 17.8 Å². The molecule has 2 aromatic carbocycles. The summed E-state index contributed by atoms with van der Waals surface area (Å²) in [7, 11) is 2.12. The van der Waals surface area contributed by atoms with Crippen LogP contribution < -0.4 is 4.74 Å². The van der Waals surface area contributed by atoms with Crippen molar-refractivity contribution >= 4 is 0 Å². The molecule has 2 fully saturated rings. The largest absolute Gasteiger partial charge is 0.429 e. The molecule has 1 saturated heterocycles. The van der Waals surface area contributed by atoms with Gasteiger partial charge < -0.3 is 9.64 Å². The van der Waals surface area contributed by atoms with Gasteiger partial charge >= 0.3 is 6.11 Å². The minimum atomic E-state index is -3.38. The minimum Gasteiger partial charge on any atom is -0.429 e. The Morgan fingerprint density at radius 2 is 1.32 bits per heavy atom. The van der Waals surface area contributed by atoms with E-state index in [9.17, 15) is 14.0 Å². The Hall–Kier alpha value is -2.45. The summed E-state index contributed by atoms with van der Waals surface area (Å²) in [5, 5.41) is 9.39. The van der Waals surface area contributed by atoms with Crippen molar-refractivity contribution in [3.8, 4) is 11.8 Å². The Kier molecular flexibility index (Phi) is 7.28. The Bertz CT molecular complexity index is 978.